The highest BCUT2D eigenvalue weighted by atomic mass is 16.5. The summed E-state index contributed by atoms with van der Waals surface area (Å²) in [5, 5.41) is 42.5. The predicted molar refractivity (Wildman–Crippen MR) is 150 cm³/mol. The van der Waals surface area contributed by atoms with E-state index in [1.165, 1.54) is 0 Å². The van der Waals surface area contributed by atoms with Crippen LogP contribution in [-0.4, -0.2) is 170 Å². The van der Waals surface area contributed by atoms with Crippen molar-refractivity contribution in [2.45, 2.75) is 52.2 Å². The number of amides is 2. The fourth-order valence-corrected chi connectivity index (χ4v) is 4.42. The third-order valence-corrected chi connectivity index (χ3v) is 6.60. The molecular formula is C26H53N5O9. The SMILES string of the molecule is CCN(CCN(CC(=O)O)CC(CCO)N(CC)C(C)C(=O)NCCOCCO)C(C)C(=O)NCCOCCO. The average molecular weight is 580 g/mol. The van der Waals surface area contributed by atoms with Crippen molar-refractivity contribution in [1.82, 2.24) is 25.3 Å². The fraction of sp³-hybridized carbons (Fsp3) is 0.885. The van der Waals surface area contributed by atoms with Crippen molar-refractivity contribution in [3.63, 3.8) is 0 Å². The van der Waals surface area contributed by atoms with Gasteiger partial charge in [-0.15, -0.1) is 0 Å². The molecule has 0 rings (SSSR count). The molecule has 0 aliphatic heterocycles. The molecule has 3 unspecified atom stereocenters. The van der Waals surface area contributed by atoms with Crippen LogP contribution in [0.25, 0.3) is 0 Å². The number of nitrogens with one attached hydrogen (secondary N) is 2. The van der Waals surface area contributed by atoms with E-state index in [1.54, 1.807) is 18.7 Å². The van der Waals surface area contributed by atoms with Gasteiger partial charge in [0, 0.05) is 45.4 Å². The number of aliphatic hydroxyl groups is 3. The summed E-state index contributed by atoms with van der Waals surface area (Å²) in [5.41, 5.74) is 0. The van der Waals surface area contributed by atoms with Crippen molar-refractivity contribution in [1.29, 1.82) is 0 Å². The van der Waals surface area contributed by atoms with E-state index in [-0.39, 0.29) is 64.0 Å². The first-order valence-electron chi connectivity index (χ1n) is 14.1. The number of nitrogens with zero attached hydrogens (tertiary/aromatic N) is 3. The summed E-state index contributed by atoms with van der Waals surface area (Å²) < 4.78 is 10.3. The number of hydrogen-bond acceptors (Lipinski definition) is 11. The van der Waals surface area contributed by atoms with Crippen LogP contribution in [0.4, 0.5) is 0 Å². The van der Waals surface area contributed by atoms with E-state index in [4.69, 9.17) is 19.7 Å². The first kappa shape index (κ1) is 38.1. The van der Waals surface area contributed by atoms with Gasteiger partial charge in [-0.3, -0.25) is 29.1 Å². The lowest BCUT2D eigenvalue weighted by Crippen LogP contribution is -2.55. The Kier molecular flexibility index (Phi) is 22.6. The number of hydrogen-bond donors (Lipinski definition) is 6. The van der Waals surface area contributed by atoms with Crippen LogP contribution >= 0.6 is 0 Å². The maximum absolute atomic E-state index is 12.8. The molecule has 0 spiro atoms. The second kappa shape index (κ2) is 23.8. The van der Waals surface area contributed by atoms with Gasteiger partial charge in [-0.1, -0.05) is 13.8 Å². The molecule has 40 heavy (non-hydrogen) atoms. The fourth-order valence-electron chi connectivity index (χ4n) is 4.42. The molecule has 14 heteroatoms. The van der Waals surface area contributed by atoms with Gasteiger partial charge in [-0.25, -0.2) is 0 Å². The van der Waals surface area contributed by atoms with Gasteiger partial charge in [0.1, 0.15) is 0 Å². The highest BCUT2D eigenvalue weighted by Gasteiger charge is 2.29. The van der Waals surface area contributed by atoms with Crippen LogP contribution in [0.15, 0.2) is 0 Å². The molecule has 0 aliphatic carbocycles. The summed E-state index contributed by atoms with van der Waals surface area (Å²) in [6.07, 6.45) is 0.357. The van der Waals surface area contributed by atoms with E-state index in [2.05, 4.69) is 10.6 Å². The standard InChI is InChI=1S/C26H53N5O9/c1-5-30(21(3)25(37)27-8-15-39-17-13-33)11-10-29(20-24(35)36)19-23(7-12-32)31(6-2)22(4)26(38)28-9-16-40-18-14-34/h21-23,32-34H,5-20H2,1-4H3,(H,27,37)(H,28,38)(H,35,36). The van der Waals surface area contributed by atoms with Crippen LogP contribution < -0.4 is 10.6 Å². The van der Waals surface area contributed by atoms with Crippen molar-refractivity contribution in [3.8, 4) is 0 Å². The molecule has 0 aromatic rings. The molecule has 0 radical (unpaired) electrons. The van der Waals surface area contributed by atoms with Crippen LogP contribution in [0.3, 0.4) is 0 Å². The zero-order chi connectivity index (χ0) is 30.3. The molecule has 0 saturated heterocycles. The van der Waals surface area contributed by atoms with Crippen LogP contribution in [0.1, 0.15) is 34.1 Å². The second-order valence-electron chi connectivity index (χ2n) is 9.36. The topological polar surface area (TPSA) is 184 Å². The highest BCUT2D eigenvalue weighted by Crippen LogP contribution is 2.12. The normalized spacial score (nSPS) is 13.9. The highest BCUT2D eigenvalue weighted by molar-refractivity contribution is 5.81. The second-order valence-corrected chi connectivity index (χ2v) is 9.36. The molecular weight excluding hydrogens is 526 g/mol. The molecule has 6 N–H and O–H groups in total. The van der Waals surface area contributed by atoms with Gasteiger partial charge in [-0.2, -0.15) is 0 Å². The summed E-state index contributed by atoms with van der Waals surface area (Å²) in [6.45, 7) is 10.7. The predicted octanol–water partition coefficient (Wildman–Crippen LogP) is -2.20. The van der Waals surface area contributed by atoms with Crippen LogP contribution in [0.2, 0.25) is 0 Å². The molecule has 0 saturated carbocycles. The Hall–Kier alpha value is -1.91. The zero-order valence-corrected chi connectivity index (χ0v) is 24.7. The Morgan fingerprint density at radius 3 is 1.77 bits per heavy atom. The minimum atomic E-state index is -0.990. The Labute approximate surface area is 238 Å². The Balaban J connectivity index is 5.25. The van der Waals surface area contributed by atoms with Gasteiger partial charge in [0.2, 0.25) is 11.8 Å². The lowest BCUT2D eigenvalue weighted by molar-refractivity contribution is -0.139. The number of rotatable bonds is 26. The summed E-state index contributed by atoms with van der Waals surface area (Å²) >= 11 is 0. The number of aliphatic hydroxyl groups excluding tert-OH is 3. The summed E-state index contributed by atoms with van der Waals surface area (Å²) in [5.74, 6) is -1.37. The van der Waals surface area contributed by atoms with Crippen molar-refractivity contribution in [2.75, 3.05) is 98.6 Å². The lowest BCUT2D eigenvalue weighted by Gasteiger charge is -2.38. The third-order valence-electron chi connectivity index (χ3n) is 6.60. The van der Waals surface area contributed by atoms with E-state index in [0.717, 1.165) is 0 Å². The van der Waals surface area contributed by atoms with Crippen molar-refractivity contribution in [2.24, 2.45) is 0 Å². The van der Waals surface area contributed by atoms with E-state index < -0.39 is 18.1 Å². The van der Waals surface area contributed by atoms with E-state index >= 15 is 0 Å². The summed E-state index contributed by atoms with van der Waals surface area (Å²) in [4.78, 5) is 42.7. The first-order valence-corrected chi connectivity index (χ1v) is 14.1. The molecule has 0 aromatic heterocycles. The van der Waals surface area contributed by atoms with Crippen molar-refractivity contribution < 1.29 is 44.3 Å². The number of ether oxygens (including phenoxy) is 2. The summed E-state index contributed by atoms with van der Waals surface area (Å²) in [7, 11) is 0. The Morgan fingerprint density at radius 1 is 0.775 bits per heavy atom. The molecule has 236 valence electrons. The minimum absolute atomic E-state index is 0.0797. The first-order chi connectivity index (χ1) is 19.2. The number of carbonyl (C=O) groups is 3. The zero-order valence-electron chi connectivity index (χ0n) is 24.7. The van der Waals surface area contributed by atoms with E-state index in [0.29, 0.717) is 58.8 Å². The number of aliphatic carboxylic acids is 1. The van der Waals surface area contributed by atoms with Gasteiger partial charge in [0.15, 0.2) is 0 Å². The third kappa shape index (κ3) is 16.4. The van der Waals surface area contributed by atoms with Gasteiger partial charge >= 0.3 is 5.97 Å². The number of likely N-dealkylation sites (N-methyl/N-ethyl adjacent to an activating group) is 2. The molecule has 2 amide bonds. The van der Waals surface area contributed by atoms with Gasteiger partial charge in [-0.05, 0) is 33.4 Å². The molecule has 0 aliphatic rings. The van der Waals surface area contributed by atoms with Crippen LogP contribution in [-0.2, 0) is 23.9 Å². The number of carboxylic acid groups (broad SMARTS) is 1. The minimum Gasteiger partial charge on any atom is -0.480 e. The largest absolute Gasteiger partial charge is 0.480 e. The molecule has 0 heterocycles. The molecule has 0 fully saturated rings. The Bertz CT molecular complexity index is 689. The lowest BCUT2D eigenvalue weighted by atomic mass is 10.1. The Morgan fingerprint density at radius 2 is 1.32 bits per heavy atom. The van der Waals surface area contributed by atoms with Gasteiger partial charge < -0.3 is 40.5 Å². The van der Waals surface area contributed by atoms with Crippen molar-refractivity contribution in [3.05, 3.63) is 0 Å². The maximum atomic E-state index is 12.8. The quantitative estimate of drug-likeness (QED) is 0.0609. The van der Waals surface area contributed by atoms with Crippen LogP contribution in [0, 0.1) is 0 Å². The smallest absolute Gasteiger partial charge is 0.317 e. The van der Waals surface area contributed by atoms with Gasteiger partial charge in [0.25, 0.3) is 0 Å². The van der Waals surface area contributed by atoms with Gasteiger partial charge in [0.05, 0.1) is 58.3 Å². The maximum Gasteiger partial charge on any atom is 0.317 e. The van der Waals surface area contributed by atoms with Crippen LogP contribution in [0.5, 0.6) is 0 Å². The monoisotopic (exact) mass is 579 g/mol. The molecule has 14 nitrogen and oxygen atoms in total. The molecule has 0 bridgehead atoms. The van der Waals surface area contributed by atoms with E-state index in [9.17, 15) is 24.6 Å². The molecule has 3 atom stereocenters. The number of carboxylic acids is 1. The molecule has 0 aromatic carbocycles. The van der Waals surface area contributed by atoms with E-state index in [1.807, 2.05) is 23.6 Å². The summed E-state index contributed by atoms with van der Waals surface area (Å²) in [6, 6.07) is -1.25. The average Bonchev–Trinajstić information content (AvgIpc) is 2.92. The van der Waals surface area contributed by atoms with Crippen molar-refractivity contribution >= 4 is 17.8 Å². The number of carbonyl (C=O) groups excluding carboxylic acids is 2.